The molecule has 1 amide bonds. The molecule has 1 atom stereocenters. The number of rotatable bonds is 4. The van der Waals surface area contributed by atoms with Gasteiger partial charge in [0.25, 0.3) is 0 Å². The Morgan fingerprint density at radius 3 is 2.62 bits per heavy atom. The first-order valence-corrected chi connectivity index (χ1v) is 6.82. The van der Waals surface area contributed by atoms with Gasteiger partial charge in [-0.1, -0.05) is 6.42 Å². The molecule has 0 radical (unpaired) electrons. The van der Waals surface area contributed by atoms with E-state index in [-0.39, 0.29) is 11.2 Å². The maximum atomic E-state index is 11.8. The third-order valence-corrected chi connectivity index (χ3v) is 4.76. The second-order valence-corrected chi connectivity index (χ2v) is 5.97. The molecule has 0 aromatic carbocycles. The molecule has 1 aliphatic heterocycles. The number of nitrogens with one attached hydrogen (secondary N) is 1. The highest BCUT2D eigenvalue weighted by Crippen LogP contribution is 2.45. The highest BCUT2D eigenvalue weighted by Gasteiger charge is 2.50. The molecule has 1 aliphatic carbocycles. The second kappa shape index (κ2) is 4.65. The van der Waals surface area contributed by atoms with Crippen molar-refractivity contribution in [1.82, 2.24) is 5.32 Å². The van der Waals surface area contributed by atoms with Gasteiger partial charge in [0, 0.05) is 6.54 Å². The zero-order valence-electron chi connectivity index (χ0n) is 9.20. The summed E-state index contributed by atoms with van der Waals surface area (Å²) in [5, 5.41) is 11.8. The van der Waals surface area contributed by atoms with Crippen LogP contribution in [0, 0.1) is 5.41 Å². The van der Waals surface area contributed by atoms with Gasteiger partial charge in [-0.05, 0) is 31.4 Å². The minimum atomic E-state index is -0.774. The number of amides is 1. The minimum Gasteiger partial charge on any atom is -0.481 e. The molecule has 1 unspecified atom stereocenters. The van der Waals surface area contributed by atoms with Gasteiger partial charge in [0.1, 0.15) is 0 Å². The summed E-state index contributed by atoms with van der Waals surface area (Å²) in [5.41, 5.74) is -0.644. The predicted molar refractivity (Wildman–Crippen MR) is 62.4 cm³/mol. The van der Waals surface area contributed by atoms with Crippen LogP contribution in [-0.2, 0) is 9.59 Å². The molecule has 1 heterocycles. The topological polar surface area (TPSA) is 66.4 Å². The monoisotopic (exact) mass is 243 g/mol. The van der Waals surface area contributed by atoms with Crippen LogP contribution in [0.15, 0.2) is 0 Å². The molecule has 1 saturated carbocycles. The molecular formula is C11H17NO3S. The Hall–Kier alpha value is -0.710. The van der Waals surface area contributed by atoms with Crippen molar-refractivity contribution < 1.29 is 14.7 Å². The van der Waals surface area contributed by atoms with E-state index in [1.165, 1.54) is 6.42 Å². The summed E-state index contributed by atoms with van der Waals surface area (Å²) in [4.78, 5) is 22.7. The Morgan fingerprint density at radius 2 is 2.12 bits per heavy atom. The molecule has 4 nitrogen and oxygen atoms in total. The first kappa shape index (κ1) is 11.8. The van der Waals surface area contributed by atoms with E-state index in [9.17, 15) is 9.59 Å². The molecule has 0 aromatic heterocycles. The molecule has 0 bridgehead atoms. The third-order valence-electron chi connectivity index (χ3n) is 3.38. The zero-order chi connectivity index (χ0) is 11.6. The van der Waals surface area contributed by atoms with Crippen molar-refractivity contribution in [3.05, 3.63) is 0 Å². The van der Waals surface area contributed by atoms with Gasteiger partial charge in [-0.2, -0.15) is 0 Å². The Bertz CT molecular complexity index is 296. The fourth-order valence-corrected chi connectivity index (χ4v) is 3.16. The van der Waals surface area contributed by atoms with Gasteiger partial charge in [0.05, 0.1) is 10.7 Å². The molecule has 1 saturated heterocycles. The number of carboxylic acid groups (broad SMARTS) is 1. The molecular weight excluding hydrogens is 226 g/mol. The summed E-state index contributed by atoms with van der Waals surface area (Å²) in [6.45, 7) is 0.304. The van der Waals surface area contributed by atoms with Crippen molar-refractivity contribution in [2.75, 3.05) is 12.3 Å². The van der Waals surface area contributed by atoms with Crippen LogP contribution < -0.4 is 5.32 Å². The third kappa shape index (κ3) is 2.51. The van der Waals surface area contributed by atoms with Crippen molar-refractivity contribution in [3.8, 4) is 0 Å². The summed E-state index contributed by atoms with van der Waals surface area (Å²) >= 11 is 1.69. The van der Waals surface area contributed by atoms with Crippen LogP contribution in [0.1, 0.15) is 32.1 Å². The van der Waals surface area contributed by atoms with Gasteiger partial charge in [0.15, 0.2) is 0 Å². The van der Waals surface area contributed by atoms with Gasteiger partial charge < -0.3 is 10.4 Å². The van der Waals surface area contributed by atoms with Crippen molar-refractivity contribution in [2.24, 2.45) is 5.41 Å². The van der Waals surface area contributed by atoms with E-state index < -0.39 is 11.4 Å². The number of hydrogen-bond donors (Lipinski definition) is 2. The van der Waals surface area contributed by atoms with Crippen molar-refractivity contribution in [2.45, 2.75) is 37.4 Å². The van der Waals surface area contributed by atoms with E-state index in [0.29, 0.717) is 19.4 Å². The molecule has 5 heteroatoms. The fraction of sp³-hybridized carbons (Fsp3) is 0.818. The van der Waals surface area contributed by atoms with Crippen molar-refractivity contribution >= 4 is 23.6 Å². The lowest BCUT2D eigenvalue weighted by molar-refractivity contribution is -0.143. The molecule has 90 valence electrons. The van der Waals surface area contributed by atoms with Crippen molar-refractivity contribution in [1.29, 1.82) is 0 Å². The number of carbonyl (C=O) groups excluding carboxylic acids is 1. The number of carboxylic acids is 1. The van der Waals surface area contributed by atoms with Crippen LogP contribution in [0.2, 0.25) is 0 Å². The van der Waals surface area contributed by atoms with E-state index >= 15 is 0 Å². The number of carbonyl (C=O) groups is 2. The lowest BCUT2D eigenvalue weighted by Gasteiger charge is -2.21. The van der Waals surface area contributed by atoms with Crippen LogP contribution in [-0.4, -0.2) is 34.5 Å². The summed E-state index contributed by atoms with van der Waals surface area (Å²) in [6.07, 6.45) is 4.61. The first-order chi connectivity index (χ1) is 7.64. The Kier molecular flexibility index (Phi) is 3.42. The molecule has 0 aromatic rings. The number of aliphatic carboxylic acids is 1. The average molecular weight is 243 g/mol. The zero-order valence-corrected chi connectivity index (χ0v) is 10.0. The largest absolute Gasteiger partial charge is 0.481 e. The lowest BCUT2D eigenvalue weighted by atomic mass is 10.1. The second-order valence-electron chi connectivity index (χ2n) is 4.66. The quantitative estimate of drug-likeness (QED) is 0.780. The Balaban J connectivity index is 1.77. The van der Waals surface area contributed by atoms with E-state index in [0.717, 1.165) is 18.6 Å². The summed E-state index contributed by atoms with van der Waals surface area (Å²) in [7, 11) is 0. The van der Waals surface area contributed by atoms with Crippen LogP contribution in [0.3, 0.4) is 0 Å². The molecule has 2 N–H and O–H groups in total. The van der Waals surface area contributed by atoms with E-state index in [2.05, 4.69) is 5.32 Å². The minimum absolute atomic E-state index is 0.0252. The van der Waals surface area contributed by atoms with Gasteiger partial charge in [0.2, 0.25) is 5.91 Å². The first-order valence-electron chi connectivity index (χ1n) is 5.77. The van der Waals surface area contributed by atoms with Crippen LogP contribution in [0.4, 0.5) is 0 Å². The smallest absolute Gasteiger partial charge is 0.311 e. The van der Waals surface area contributed by atoms with Gasteiger partial charge in [-0.15, -0.1) is 11.8 Å². The van der Waals surface area contributed by atoms with Crippen LogP contribution in [0.5, 0.6) is 0 Å². The summed E-state index contributed by atoms with van der Waals surface area (Å²) < 4.78 is 0. The standard InChI is InChI=1S/C11H17NO3S/c13-9(8-3-1-2-6-16-8)12-7-11(4-5-11)10(14)15/h8H,1-7H2,(H,12,13)(H,14,15). The van der Waals surface area contributed by atoms with Gasteiger partial charge in [-0.3, -0.25) is 9.59 Å². The molecule has 2 fully saturated rings. The Morgan fingerprint density at radius 1 is 1.38 bits per heavy atom. The van der Waals surface area contributed by atoms with Crippen molar-refractivity contribution in [3.63, 3.8) is 0 Å². The maximum absolute atomic E-state index is 11.8. The SMILES string of the molecule is O=C(NCC1(C(=O)O)CC1)C1CCCCS1. The summed E-state index contributed by atoms with van der Waals surface area (Å²) in [6, 6.07) is 0. The van der Waals surface area contributed by atoms with E-state index in [1.54, 1.807) is 11.8 Å². The summed E-state index contributed by atoms with van der Waals surface area (Å²) in [5.74, 6) is 0.295. The van der Waals surface area contributed by atoms with Crippen LogP contribution in [0.25, 0.3) is 0 Å². The van der Waals surface area contributed by atoms with E-state index in [4.69, 9.17) is 5.11 Å². The predicted octanol–water partition coefficient (Wildman–Crippen LogP) is 1.25. The number of hydrogen-bond acceptors (Lipinski definition) is 3. The fourth-order valence-electron chi connectivity index (χ4n) is 1.93. The Labute approximate surface area is 99.2 Å². The highest BCUT2D eigenvalue weighted by atomic mass is 32.2. The average Bonchev–Trinajstić information content (AvgIpc) is 3.08. The lowest BCUT2D eigenvalue weighted by Crippen LogP contribution is -2.39. The molecule has 16 heavy (non-hydrogen) atoms. The maximum Gasteiger partial charge on any atom is 0.311 e. The van der Waals surface area contributed by atoms with Gasteiger partial charge in [-0.25, -0.2) is 0 Å². The number of thioether (sulfide) groups is 1. The molecule has 2 aliphatic rings. The van der Waals surface area contributed by atoms with Crippen LogP contribution >= 0.6 is 11.8 Å². The van der Waals surface area contributed by atoms with Gasteiger partial charge >= 0.3 is 5.97 Å². The molecule has 0 spiro atoms. The van der Waals surface area contributed by atoms with E-state index in [1.807, 2.05) is 0 Å². The highest BCUT2D eigenvalue weighted by molar-refractivity contribution is 8.00. The normalized spacial score (nSPS) is 27.1. The molecule has 2 rings (SSSR count).